The first kappa shape index (κ1) is 15.0. The van der Waals surface area contributed by atoms with E-state index >= 15 is 0 Å². The van der Waals surface area contributed by atoms with E-state index in [9.17, 15) is 9.50 Å². The topological polar surface area (TPSA) is 41.5 Å². The van der Waals surface area contributed by atoms with Crippen molar-refractivity contribution in [1.82, 2.24) is 5.32 Å². The maximum Gasteiger partial charge on any atom is 0.123 e. The predicted octanol–water partition coefficient (Wildman–Crippen LogP) is 2.98. The molecular formula is C15H18FNO2S. The number of benzene rings is 1. The average molecular weight is 295 g/mol. The highest BCUT2D eigenvalue weighted by atomic mass is 32.1. The molecule has 0 saturated carbocycles. The van der Waals surface area contributed by atoms with E-state index in [1.165, 1.54) is 17.7 Å². The van der Waals surface area contributed by atoms with Gasteiger partial charge in [0.05, 0.1) is 0 Å². The highest BCUT2D eigenvalue weighted by Crippen LogP contribution is 2.15. The van der Waals surface area contributed by atoms with Gasteiger partial charge >= 0.3 is 0 Å². The second-order valence-corrected chi connectivity index (χ2v) is 5.39. The van der Waals surface area contributed by atoms with Gasteiger partial charge in [-0.25, -0.2) is 4.39 Å². The minimum Gasteiger partial charge on any atom is -0.491 e. The molecule has 5 heteroatoms. The molecule has 3 nitrogen and oxygen atoms in total. The van der Waals surface area contributed by atoms with Crippen LogP contribution in [0.5, 0.6) is 5.75 Å². The van der Waals surface area contributed by atoms with Crippen LogP contribution < -0.4 is 10.1 Å². The second kappa shape index (κ2) is 7.38. The molecule has 0 saturated heterocycles. The van der Waals surface area contributed by atoms with Crippen molar-refractivity contribution < 1.29 is 14.2 Å². The van der Waals surface area contributed by atoms with Gasteiger partial charge in [-0.05, 0) is 53.6 Å². The number of aliphatic hydroxyl groups is 1. The molecule has 2 rings (SSSR count). The van der Waals surface area contributed by atoms with E-state index in [0.29, 0.717) is 12.3 Å². The first-order valence-electron chi connectivity index (χ1n) is 6.47. The van der Waals surface area contributed by atoms with E-state index in [-0.39, 0.29) is 18.5 Å². The van der Waals surface area contributed by atoms with Crippen LogP contribution in [0.15, 0.2) is 41.1 Å². The fraction of sp³-hybridized carbons (Fsp3) is 0.333. The molecule has 0 aliphatic carbocycles. The normalized spacial score (nSPS) is 13.9. The van der Waals surface area contributed by atoms with Crippen molar-refractivity contribution in [2.75, 3.05) is 13.2 Å². The molecule has 0 amide bonds. The van der Waals surface area contributed by atoms with E-state index in [1.807, 2.05) is 5.38 Å². The van der Waals surface area contributed by atoms with Crippen molar-refractivity contribution in [3.8, 4) is 5.75 Å². The number of halogens is 1. The van der Waals surface area contributed by atoms with E-state index < -0.39 is 6.10 Å². The zero-order chi connectivity index (χ0) is 14.4. The summed E-state index contributed by atoms with van der Waals surface area (Å²) in [6.45, 7) is 2.67. The van der Waals surface area contributed by atoms with Crippen LogP contribution in [0.2, 0.25) is 0 Å². The van der Waals surface area contributed by atoms with Gasteiger partial charge in [-0.3, -0.25) is 0 Å². The summed E-state index contributed by atoms with van der Waals surface area (Å²) in [6, 6.07) is 8.01. The van der Waals surface area contributed by atoms with Crippen LogP contribution >= 0.6 is 11.3 Å². The lowest BCUT2D eigenvalue weighted by Crippen LogP contribution is -2.32. The molecule has 2 N–H and O–H groups in total. The number of nitrogens with one attached hydrogen (secondary N) is 1. The third kappa shape index (κ3) is 4.59. The Bertz CT molecular complexity index is 501. The first-order valence-corrected chi connectivity index (χ1v) is 7.41. The number of aliphatic hydroxyl groups excluding tert-OH is 1. The maximum atomic E-state index is 12.7. The standard InChI is InChI=1S/C15H18FNO2S/c1-11(12-6-7-20-10-12)17-8-14(18)9-19-15-4-2-13(16)3-5-15/h2-7,10-11,14,17-18H,8-9H2,1H3. The van der Waals surface area contributed by atoms with Crippen molar-refractivity contribution in [2.45, 2.75) is 19.1 Å². The zero-order valence-electron chi connectivity index (χ0n) is 11.3. The molecular weight excluding hydrogens is 277 g/mol. The van der Waals surface area contributed by atoms with Crippen LogP contribution in [0.1, 0.15) is 18.5 Å². The summed E-state index contributed by atoms with van der Waals surface area (Å²) in [5.41, 5.74) is 1.21. The Kier molecular flexibility index (Phi) is 5.52. The average Bonchev–Trinajstić information content (AvgIpc) is 2.98. The highest BCUT2D eigenvalue weighted by Gasteiger charge is 2.09. The van der Waals surface area contributed by atoms with Gasteiger partial charge < -0.3 is 15.2 Å². The van der Waals surface area contributed by atoms with E-state index in [4.69, 9.17) is 4.74 Å². The first-order chi connectivity index (χ1) is 9.65. The van der Waals surface area contributed by atoms with Gasteiger partial charge in [-0.2, -0.15) is 11.3 Å². The summed E-state index contributed by atoms with van der Waals surface area (Å²) < 4.78 is 18.1. The van der Waals surface area contributed by atoms with Gasteiger partial charge in [0.25, 0.3) is 0 Å². The van der Waals surface area contributed by atoms with Gasteiger partial charge in [0, 0.05) is 12.6 Å². The number of rotatable bonds is 7. The van der Waals surface area contributed by atoms with Crippen molar-refractivity contribution >= 4 is 11.3 Å². The Hall–Kier alpha value is -1.43. The largest absolute Gasteiger partial charge is 0.491 e. The van der Waals surface area contributed by atoms with Crippen LogP contribution in [0, 0.1) is 5.82 Å². The molecule has 0 bridgehead atoms. The Morgan fingerprint density at radius 3 is 2.70 bits per heavy atom. The second-order valence-electron chi connectivity index (χ2n) is 4.61. The highest BCUT2D eigenvalue weighted by molar-refractivity contribution is 7.07. The molecule has 108 valence electrons. The number of hydrogen-bond donors (Lipinski definition) is 2. The van der Waals surface area contributed by atoms with Gasteiger partial charge in [-0.1, -0.05) is 0 Å². The maximum absolute atomic E-state index is 12.7. The number of ether oxygens (including phenoxy) is 1. The lowest BCUT2D eigenvalue weighted by molar-refractivity contribution is 0.104. The molecule has 2 aromatic rings. The molecule has 1 heterocycles. The summed E-state index contributed by atoms with van der Waals surface area (Å²) >= 11 is 1.65. The molecule has 0 spiro atoms. The monoisotopic (exact) mass is 295 g/mol. The molecule has 1 aromatic carbocycles. The van der Waals surface area contributed by atoms with Crippen LogP contribution in [-0.2, 0) is 0 Å². The SMILES string of the molecule is CC(NCC(O)COc1ccc(F)cc1)c1ccsc1. The quantitative estimate of drug-likeness (QED) is 0.825. The van der Waals surface area contributed by atoms with E-state index in [2.05, 4.69) is 23.7 Å². The molecule has 0 fully saturated rings. The molecule has 2 atom stereocenters. The minimum absolute atomic E-state index is 0.176. The molecule has 0 aliphatic heterocycles. The lowest BCUT2D eigenvalue weighted by atomic mass is 10.2. The van der Waals surface area contributed by atoms with Gasteiger partial charge in [0.1, 0.15) is 24.3 Å². The fourth-order valence-electron chi connectivity index (χ4n) is 1.73. The van der Waals surface area contributed by atoms with Crippen molar-refractivity contribution in [3.63, 3.8) is 0 Å². The Balaban J connectivity index is 1.70. The van der Waals surface area contributed by atoms with Crippen LogP contribution in [0.25, 0.3) is 0 Å². The Morgan fingerprint density at radius 1 is 1.30 bits per heavy atom. The fourth-order valence-corrected chi connectivity index (χ4v) is 2.49. The van der Waals surface area contributed by atoms with Gasteiger partial charge in [0.2, 0.25) is 0 Å². The Labute approximate surface area is 122 Å². The summed E-state index contributed by atoms with van der Waals surface area (Å²) in [6.07, 6.45) is -0.610. The van der Waals surface area contributed by atoms with Crippen molar-refractivity contribution in [1.29, 1.82) is 0 Å². The minimum atomic E-state index is -0.610. The van der Waals surface area contributed by atoms with Crippen LogP contribution in [-0.4, -0.2) is 24.4 Å². The Morgan fingerprint density at radius 2 is 2.05 bits per heavy atom. The number of hydrogen-bond acceptors (Lipinski definition) is 4. The smallest absolute Gasteiger partial charge is 0.123 e. The van der Waals surface area contributed by atoms with Crippen molar-refractivity contribution in [2.24, 2.45) is 0 Å². The van der Waals surface area contributed by atoms with Gasteiger partial charge in [0.15, 0.2) is 0 Å². The zero-order valence-corrected chi connectivity index (χ0v) is 12.1. The molecule has 1 aromatic heterocycles. The van der Waals surface area contributed by atoms with Crippen molar-refractivity contribution in [3.05, 3.63) is 52.5 Å². The third-order valence-electron chi connectivity index (χ3n) is 2.96. The van der Waals surface area contributed by atoms with Gasteiger partial charge in [-0.15, -0.1) is 0 Å². The van der Waals surface area contributed by atoms with Crippen LogP contribution in [0.4, 0.5) is 4.39 Å². The molecule has 0 radical (unpaired) electrons. The molecule has 20 heavy (non-hydrogen) atoms. The van der Waals surface area contributed by atoms with E-state index in [1.54, 1.807) is 23.5 Å². The summed E-state index contributed by atoms with van der Waals surface area (Å²) in [7, 11) is 0. The molecule has 2 unspecified atom stereocenters. The predicted molar refractivity (Wildman–Crippen MR) is 78.6 cm³/mol. The third-order valence-corrected chi connectivity index (χ3v) is 3.66. The molecule has 0 aliphatic rings. The summed E-state index contributed by atoms with van der Waals surface area (Å²) in [4.78, 5) is 0. The summed E-state index contributed by atoms with van der Waals surface area (Å²) in [5.74, 6) is 0.250. The van der Waals surface area contributed by atoms with Crippen LogP contribution in [0.3, 0.4) is 0 Å². The van der Waals surface area contributed by atoms with E-state index in [0.717, 1.165) is 0 Å². The summed E-state index contributed by atoms with van der Waals surface area (Å²) in [5, 5.41) is 17.2. The number of thiophene rings is 1. The lowest BCUT2D eigenvalue weighted by Gasteiger charge is -2.17.